The predicted molar refractivity (Wildman–Crippen MR) is 215 cm³/mol. The number of hydrogen-bond acceptors (Lipinski definition) is 11. The van der Waals surface area contributed by atoms with Gasteiger partial charge in [-0.15, -0.1) is 0 Å². The van der Waals surface area contributed by atoms with Crippen molar-refractivity contribution in [3.63, 3.8) is 0 Å². The molecule has 1 unspecified atom stereocenters. The molecule has 4 N–H and O–H groups in total. The Kier molecular flexibility index (Phi) is 11.6. The fourth-order valence-electron chi connectivity index (χ4n) is 6.57. The standard InChI is InChI=1S/C36H44ClIN6O9S2/c1-6-40-54(48,49)23-10-8-21(9-11-23)41-30(35(2,3)4)33(46)44-19-22(53-32-26-15-20(37)7-14-25(26)28(52-5)18-39-32)16-27(44)31(45)42-36(17-29(36)38)34(47)43-55(50,51)24-12-13-24/h7-11,14-15,18,22,24,27,29-30,40-41H,6,12-13,16-17,19H2,1-5H3,(H,42,45)(H,43,47)/t22-,27+,29-,30?,36-/m1/s1. The molecule has 3 fully saturated rings. The molecule has 1 aliphatic heterocycles. The number of amides is 3. The van der Waals surface area contributed by atoms with Crippen LogP contribution < -0.4 is 29.6 Å². The molecule has 298 valence electrons. The highest BCUT2D eigenvalue weighted by Crippen LogP contribution is 2.45. The molecule has 3 amide bonds. The lowest BCUT2D eigenvalue weighted by atomic mass is 9.85. The molecule has 15 nitrogen and oxygen atoms in total. The first-order valence-electron chi connectivity index (χ1n) is 17.8. The van der Waals surface area contributed by atoms with Crippen LogP contribution >= 0.6 is 34.2 Å². The molecule has 19 heteroatoms. The zero-order valence-corrected chi connectivity index (χ0v) is 35.4. The number of fused-ring (bicyclic) bond motifs is 1. The number of aromatic nitrogens is 1. The molecule has 2 heterocycles. The number of likely N-dealkylation sites (tertiary alicyclic amines) is 1. The number of hydrogen-bond donors (Lipinski definition) is 4. The highest BCUT2D eigenvalue weighted by molar-refractivity contribution is 14.1. The lowest BCUT2D eigenvalue weighted by Gasteiger charge is -2.36. The molecule has 1 saturated heterocycles. The SMILES string of the molecule is CCNS(=O)(=O)c1ccc(NC(C(=O)N2C[C@H](Oc3ncc(OC)c4ccc(Cl)cc34)C[C@H]2C(=O)N[C@]2(C(=O)NS(=O)(=O)C3CC3)C[C@H]2I)C(C)(C)C)cc1. The zero-order valence-electron chi connectivity index (χ0n) is 30.9. The van der Waals surface area contributed by atoms with Crippen LogP contribution in [0.1, 0.15) is 53.4 Å². The molecule has 3 aromatic rings. The number of sulfonamides is 2. The Morgan fingerprint density at radius 3 is 2.33 bits per heavy atom. The van der Waals surface area contributed by atoms with Crippen LogP contribution in [0.4, 0.5) is 5.69 Å². The molecular weight excluding hydrogens is 887 g/mol. The second-order valence-corrected chi connectivity index (χ2v) is 20.7. The number of nitrogens with one attached hydrogen (secondary N) is 4. The van der Waals surface area contributed by atoms with Crippen LogP contribution in [0.25, 0.3) is 10.8 Å². The number of ether oxygens (including phenoxy) is 2. The number of anilines is 1. The first-order valence-corrected chi connectivity index (χ1v) is 22.4. The summed E-state index contributed by atoms with van der Waals surface area (Å²) < 4.78 is 66.6. The quantitative estimate of drug-likeness (QED) is 0.136. The van der Waals surface area contributed by atoms with Crippen molar-refractivity contribution < 1.29 is 40.7 Å². The molecule has 0 radical (unpaired) electrons. The van der Waals surface area contributed by atoms with Crippen LogP contribution in [0.3, 0.4) is 0 Å². The van der Waals surface area contributed by atoms with Gasteiger partial charge in [-0.3, -0.25) is 19.1 Å². The van der Waals surface area contributed by atoms with Crippen LogP contribution in [0.2, 0.25) is 5.02 Å². The summed E-state index contributed by atoms with van der Waals surface area (Å²) in [6.45, 7) is 7.43. The van der Waals surface area contributed by atoms with Gasteiger partial charge in [0, 0.05) is 38.4 Å². The van der Waals surface area contributed by atoms with E-state index in [1.54, 1.807) is 37.3 Å². The second-order valence-electron chi connectivity index (χ2n) is 15.1. The van der Waals surface area contributed by atoms with Gasteiger partial charge in [0.15, 0.2) is 0 Å². The molecule has 3 aliphatic rings. The van der Waals surface area contributed by atoms with Crippen molar-refractivity contribution in [1.82, 2.24) is 24.6 Å². The van der Waals surface area contributed by atoms with Crippen molar-refractivity contribution in [3.05, 3.63) is 53.7 Å². The van der Waals surface area contributed by atoms with E-state index in [-0.39, 0.29) is 40.6 Å². The minimum absolute atomic E-state index is 0.0190. The van der Waals surface area contributed by atoms with E-state index in [0.717, 1.165) is 0 Å². The Morgan fingerprint density at radius 1 is 1.07 bits per heavy atom. The normalized spacial score (nSPS) is 23.2. The molecule has 2 aromatic carbocycles. The Morgan fingerprint density at radius 2 is 1.75 bits per heavy atom. The maximum atomic E-state index is 14.7. The number of carbonyl (C=O) groups excluding carboxylic acids is 3. The second kappa shape index (κ2) is 15.5. The summed E-state index contributed by atoms with van der Waals surface area (Å²) in [5, 5.41) is 7.11. The number of pyridine rings is 1. The third-order valence-electron chi connectivity index (χ3n) is 9.87. The van der Waals surface area contributed by atoms with Crippen molar-refractivity contribution >= 4 is 88.4 Å². The van der Waals surface area contributed by atoms with E-state index in [2.05, 4.69) is 25.1 Å². The number of carbonyl (C=O) groups is 3. The molecule has 2 saturated carbocycles. The molecule has 0 spiro atoms. The van der Waals surface area contributed by atoms with Crippen molar-refractivity contribution in [1.29, 1.82) is 0 Å². The van der Waals surface area contributed by atoms with Crippen molar-refractivity contribution in [2.75, 3.05) is 25.5 Å². The summed E-state index contributed by atoms with van der Waals surface area (Å²) in [4.78, 5) is 48.4. The van der Waals surface area contributed by atoms with Crippen LogP contribution in [-0.4, -0.2) is 97.5 Å². The van der Waals surface area contributed by atoms with Gasteiger partial charge >= 0.3 is 0 Å². The molecule has 55 heavy (non-hydrogen) atoms. The largest absolute Gasteiger partial charge is 0.494 e. The summed E-state index contributed by atoms with van der Waals surface area (Å²) in [5.74, 6) is -1.19. The minimum atomic E-state index is -3.88. The van der Waals surface area contributed by atoms with Gasteiger partial charge in [0.25, 0.3) is 5.91 Å². The van der Waals surface area contributed by atoms with Gasteiger partial charge < -0.3 is 25.0 Å². The smallest absolute Gasteiger partial charge is 0.260 e. The third kappa shape index (κ3) is 8.77. The summed E-state index contributed by atoms with van der Waals surface area (Å²) in [6, 6.07) is 9.12. The number of halogens is 2. The zero-order chi connectivity index (χ0) is 40.1. The Hall–Kier alpha value is -3.46. The lowest BCUT2D eigenvalue weighted by Crippen LogP contribution is -2.58. The topological polar surface area (TPSA) is 202 Å². The Bertz CT molecular complexity index is 2220. The maximum absolute atomic E-state index is 14.7. The number of methoxy groups -OCH3 is 1. The van der Waals surface area contributed by atoms with Gasteiger partial charge in [-0.1, -0.05) is 61.9 Å². The van der Waals surface area contributed by atoms with Crippen LogP contribution in [-0.2, 0) is 34.4 Å². The maximum Gasteiger partial charge on any atom is 0.260 e. The fraction of sp³-hybridized carbons (Fsp3) is 0.500. The van der Waals surface area contributed by atoms with Crippen LogP contribution in [0, 0.1) is 5.41 Å². The van der Waals surface area contributed by atoms with E-state index in [9.17, 15) is 31.2 Å². The lowest BCUT2D eigenvalue weighted by molar-refractivity contribution is -0.141. The van der Waals surface area contributed by atoms with Crippen LogP contribution in [0.15, 0.2) is 53.6 Å². The van der Waals surface area contributed by atoms with E-state index < -0.39 is 72.2 Å². The minimum Gasteiger partial charge on any atom is -0.494 e. The number of rotatable bonds is 14. The van der Waals surface area contributed by atoms with Gasteiger partial charge in [0.1, 0.15) is 29.5 Å². The van der Waals surface area contributed by atoms with E-state index in [1.807, 2.05) is 43.4 Å². The van der Waals surface area contributed by atoms with Gasteiger partial charge in [0.05, 0.1) is 30.0 Å². The third-order valence-corrected chi connectivity index (χ3v) is 15.0. The van der Waals surface area contributed by atoms with E-state index in [1.165, 1.54) is 30.3 Å². The molecule has 6 rings (SSSR count). The molecular formula is C36H44ClIN6O9S2. The van der Waals surface area contributed by atoms with Gasteiger partial charge in [-0.2, -0.15) is 0 Å². The number of benzene rings is 2. The molecule has 2 aliphatic carbocycles. The van der Waals surface area contributed by atoms with Crippen molar-refractivity contribution in [2.24, 2.45) is 5.41 Å². The predicted octanol–water partition coefficient (Wildman–Crippen LogP) is 3.74. The number of nitrogens with zero attached hydrogens (tertiary/aromatic N) is 2. The van der Waals surface area contributed by atoms with E-state index >= 15 is 0 Å². The Labute approximate surface area is 339 Å². The molecule has 5 atom stereocenters. The summed E-state index contributed by atoms with van der Waals surface area (Å²) in [6.07, 6.45) is 1.92. The van der Waals surface area contributed by atoms with Gasteiger partial charge in [-0.05, 0) is 67.1 Å². The number of alkyl halides is 1. The van der Waals surface area contributed by atoms with E-state index in [0.29, 0.717) is 40.1 Å². The Balaban J connectivity index is 1.30. The average Bonchev–Trinajstić information content (AvgIpc) is 4.04. The monoisotopic (exact) mass is 930 g/mol. The summed E-state index contributed by atoms with van der Waals surface area (Å²) in [5.41, 5.74) is -1.73. The van der Waals surface area contributed by atoms with E-state index in [4.69, 9.17) is 21.1 Å². The summed E-state index contributed by atoms with van der Waals surface area (Å²) in [7, 11) is -6.07. The molecule has 1 aromatic heterocycles. The average molecular weight is 931 g/mol. The molecule has 0 bridgehead atoms. The van der Waals surface area contributed by atoms with Crippen LogP contribution in [0.5, 0.6) is 11.6 Å². The van der Waals surface area contributed by atoms with Gasteiger partial charge in [0.2, 0.25) is 37.7 Å². The highest BCUT2D eigenvalue weighted by Gasteiger charge is 2.62. The van der Waals surface area contributed by atoms with Crippen molar-refractivity contribution in [2.45, 2.75) is 91.2 Å². The van der Waals surface area contributed by atoms with Gasteiger partial charge in [-0.25, -0.2) is 26.5 Å². The first-order chi connectivity index (χ1) is 25.8. The summed E-state index contributed by atoms with van der Waals surface area (Å²) >= 11 is 8.35. The fourth-order valence-corrected chi connectivity index (χ4v) is 10.3. The highest BCUT2D eigenvalue weighted by atomic mass is 127. The van der Waals surface area contributed by atoms with Crippen molar-refractivity contribution in [3.8, 4) is 11.6 Å². The first kappa shape index (κ1) is 41.2.